The summed E-state index contributed by atoms with van der Waals surface area (Å²) in [6.45, 7) is -0.587. The molecule has 0 radical (unpaired) electrons. The number of aliphatic hydroxyl groups is 4. The minimum absolute atomic E-state index is 0.339. The number of fused-ring (bicyclic) bond motifs is 1. The van der Waals surface area contributed by atoms with E-state index < -0.39 is 49.5 Å². The highest BCUT2D eigenvalue weighted by Gasteiger charge is 2.46. The molecule has 3 rings (SSSR count). The van der Waals surface area contributed by atoms with Crippen LogP contribution < -0.4 is 10.1 Å². The topological polar surface area (TPSA) is 138 Å². The lowest BCUT2D eigenvalue weighted by molar-refractivity contribution is -0.307. The zero-order valence-corrected chi connectivity index (χ0v) is 11.9. The quantitative estimate of drug-likeness (QED) is 0.320. The van der Waals surface area contributed by atoms with E-state index in [4.69, 9.17) is 19.3 Å². The molecule has 0 saturated carbocycles. The number of carbonyl (C=O) groups excluding carboxylic acids is 1. The third-order valence-corrected chi connectivity index (χ3v) is 3.72. The van der Waals surface area contributed by atoms with E-state index in [0.717, 1.165) is 0 Å². The number of para-hydroxylation sites is 2. The van der Waals surface area contributed by atoms with Crippen molar-refractivity contribution in [3.8, 4) is 5.75 Å². The molecular formula is C14H17NO8. The highest BCUT2D eigenvalue weighted by Crippen LogP contribution is 2.30. The van der Waals surface area contributed by atoms with Crippen LogP contribution in [0.3, 0.4) is 0 Å². The number of aliphatic hydroxyl groups excluding tert-OH is 4. The summed E-state index contributed by atoms with van der Waals surface area (Å²) in [6, 6.07) is 6.71. The number of anilines is 1. The smallest absolute Gasteiger partial charge is 0.361 e. The number of rotatable bonds is 3. The number of benzene rings is 1. The highest BCUT2D eigenvalue weighted by atomic mass is 16.7. The monoisotopic (exact) mass is 327 g/mol. The lowest BCUT2D eigenvalue weighted by atomic mass is 9.99. The number of nitrogens with one attached hydrogen (secondary N) is 1. The van der Waals surface area contributed by atoms with Gasteiger partial charge in [-0.2, -0.15) is 0 Å². The third kappa shape index (κ3) is 3.02. The van der Waals surface area contributed by atoms with Gasteiger partial charge in [0.25, 0.3) is 0 Å². The Balaban J connectivity index is 1.72. The molecule has 0 aromatic heterocycles. The van der Waals surface area contributed by atoms with E-state index in [2.05, 4.69) is 5.32 Å². The molecule has 5 N–H and O–H groups in total. The van der Waals surface area contributed by atoms with Crippen LogP contribution in [-0.4, -0.2) is 69.9 Å². The Labute approximate surface area is 131 Å². The van der Waals surface area contributed by atoms with Crippen LogP contribution in [0.15, 0.2) is 24.3 Å². The van der Waals surface area contributed by atoms with E-state index in [-0.39, 0.29) is 0 Å². The predicted molar refractivity (Wildman–Crippen MR) is 74.3 cm³/mol. The summed E-state index contributed by atoms with van der Waals surface area (Å²) in [5, 5.41) is 41.2. The number of carbonyl (C=O) groups is 1. The van der Waals surface area contributed by atoms with Gasteiger partial charge in [-0.1, -0.05) is 12.1 Å². The molecule has 1 unspecified atom stereocenters. The molecule has 1 aromatic carbocycles. The van der Waals surface area contributed by atoms with Gasteiger partial charge >= 0.3 is 5.97 Å². The molecule has 1 saturated heterocycles. The summed E-state index contributed by atoms with van der Waals surface area (Å²) in [7, 11) is 0. The van der Waals surface area contributed by atoms with Gasteiger partial charge in [0, 0.05) is 0 Å². The van der Waals surface area contributed by atoms with Crippen LogP contribution >= 0.6 is 0 Å². The van der Waals surface area contributed by atoms with Crippen LogP contribution in [0, 0.1) is 0 Å². The number of hydrogen-bond donors (Lipinski definition) is 5. The Morgan fingerprint density at radius 2 is 1.87 bits per heavy atom. The van der Waals surface area contributed by atoms with Crippen molar-refractivity contribution in [1.29, 1.82) is 0 Å². The molecule has 0 bridgehead atoms. The first-order valence-electron chi connectivity index (χ1n) is 7.04. The average molecular weight is 327 g/mol. The van der Waals surface area contributed by atoms with Crippen LogP contribution in [0.4, 0.5) is 5.69 Å². The second kappa shape index (κ2) is 6.40. The minimum Gasteiger partial charge on any atom is -0.421 e. The van der Waals surface area contributed by atoms with E-state index in [1.807, 2.05) is 0 Å². The molecule has 9 nitrogen and oxygen atoms in total. The highest BCUT2D eigenvalue weighted by molar-refractivity contribution is 5.85. The van der Waals surface area contributed by atoms with Gasteiger partial charge in [0.05, 0.1) is 12.3 Å². The molecule has 23 heavy (non-hydrogen) atoms. The largest absolute Gasteiger partial charge is 0.421 e. The first kappa shape index (κ1) is 16.1. The predicted octanol–water partition coefficient (Wildman–Crippen LogP) is -1.84. The Morgan fingerprint density at radius 3 is 2.61 bits per heavy atom. The maximum absolute atomic E-state index is 11.9. The molecule has 0 spiro atoms. The fraction of sp³-hybridized carbons (Fsp3) is 0.500. The lowest BCUT2D eigenvalue weighted by Crippen LogP contribution is -2.60. The molecule has 1 aromatic rings. The van der Waals surface area contributed by atoms with Crippen molar-refractivity contribution in [2.45, 2.75) is 36.9 Å². The van der Waals surface area contributed by atoms with Crippen molar-refractivity contribution in [3.63, 3.8) is 0 Å². The molecule has 0 amide bonds. The second-order valence-electron chi connectivity index (χ2n) is 5.27. The zero-order valence-electron chi connectivity index (χ0n) is 11.9. The van der Waals surface area contributed by atoms with Crippen molar-refractivity contribution in [1.82, 2.24) is 0 Å². The minimum atomic E-state index is -1.60. The van der Waals surface area contributed by atoms with Crippen LogP contribution in [0.25, 0.3) is 0 Å². The summed E-state index contributed by atoms with van der Waals surface area (Å²) >= 11 is 0. The van der Waals surface area contributed by atoms with Gasteiger partial charge < -0.3 is 40.0 Å². The standard InChI is InChI=1S/C14H17NO8/c16-5-8-9(17)10(18)11(19)14(22-8)23-12-13(20)21-7-4-2-1-3-6(7)15-12/h1-4,8-12,14-19H,5H2/t8-,9-,10+,11-,12?,14+/m1/s1. The Bertz CT molecular complexity index is 580. The lowest BCUT2D eigenvalue weighted by Gasteiger charge is -2.40. The second-order valence-corrected chi connectivity index (χ2v) is 5.27. The summed E-state index contributed by atoms with van der Waals surface area (Å²) in [5.41, 5.74) is 0.515. The molecule has 2 heterocycles. The van der Waals surface area contributed by atoms with Crippen LogP contribution in [0.1, 0.15) is 0 Å². The first-order valence-corrected chi connectivity index (χ1v) is 7.04. The Hall–Kier alpha value is -1.75. The maximum atomic E-state index is 11.9. The van der Waals surface area contributed by atoms with E-state index >= 15 is 0 Å². The van der Waals surface area contributed by atoms with Crippen molar-refractivity contribution in [3.05, 3.63) is 24.3 Å². The summed E-state index contributed by atoms with van der Waals surface area (Å²) in [5.74, 6) is -0.410. The zero-order chi connectivity index (χ0) is 16.6. The summed E-state index contributed by atoms with van der Waals surface area (Å²) in [4.78, 5) is 11.9. The number of ether oxygens (including phenoxy) is 3. The van der Waals surface area contributed by atoms with Crippen LogP contribution in [0.5, 0.6) is 5.75 Å². The van der Waals surface area contributed by atoms with Crippen molar-refractivity contribution < 1.29 is 39.4 Å². The maximum Gasteiger partial charge on any atom is 0.361 e. The van der Waals surface area contributed by atoms with Crippen LogP contribution in [0.2, 0.25) is 0 Å². The van der Waals surface area contributed by atoms with Crippen molar-refractivity contribution in [2.24, 2.45) is 0 Å². The first-order chi connectivity index (χ1) is 11.0. The van der Waals surface area contributed by atoms with Gasteiger partial charge in [-0.05, 0) is 12.1 Å². The van der Waals surface area contributed by atoms with Gasteiger partial charge in [0.1, 0.15) is 24.4 Å². The molecule has 2 aliphatic rings. The molecule has 126 valence electrons. The average Bonchev–Trinajstić information content (AvgIpc) is 2.56. The van der Waals surface area contributed by atoms with Crippen molar-refractivity contribution in [2.75, 3.05) is 11.9 Å². The van der Waals surface area contributed by atoms with E-state index in [1.165, 1.54) is 0 Å². The normalized spacial score (nSPS) is 36.8. The SMILES string of the molecule is O=C1Oc2ccccc2NC1O[C@@H]1O[C@H](CO)[C@@H](O)[C@H](O)[C@H]1O. The molecule has 1 fully saturated rings. The van der Waals surface area contributed by atoms with Crippen molar-refractivity contribution >= 4 is 11.7 Å². The third-order valence-electron chi connectivity index (χ3n) is 3.72. The number of hydrogen-bond acceptors (Lipinski definition) is 9. The summed E-state index contributed by atoms with van der Waals surface area (Å²) < 4.78 is 15.6. The fourth-order valence-corrected chi connectivity index (χ4v) is 2.44. The molecular weight excluding hydrogens is 310 g/mol. The van der Waals surface area contributed by atoms with Crippen LogP contribution in [-0.2, 0) is 14.3 Å². The molecule has 2 aliphatic heterocycles. The Morgan fingerprint density at radius 1 is 1.13 bits per heavy atom. The van der Waals surface area contributed by atoms with E-state index in [0.29, 0.717) is 11.4 Å². The van der Waals surface area contributed by atoms with Gasteiger partial charge in [-0.3, -0.25) is 0 Å². The van der Waals surface area contributed by atoms with Gasteiger partial charge in [-0.25, -0.2) is 4.79 Å². The molecule has 0 aliphatic carbocycles. The van der Waals surface area contributed by atoms with Gasteiger partial charge in [0.2, 0.25) is 6.23 Å². The fourth-order valence-electron chi connectivity index (χ4n) is 2.44. The van der Waals surface area contributed by atoms with Gasteiger partial charge in [0.15, 0.2) is 12.0 Å². The molecule has 9 heteroatoms. The number of esters is 1. The molecule has 6 atom stereocenters. The summed E-state index contributed by atoms with van der Waals surface area (Å²) in [6.07, 6.45) is -8.50. The van der Waals surface area contributed by atoms with E-state index in [1.54, 1.807) is 24.3 Å². The van der Waals surface area contributed by atoms with Gasteiger partial charge in [-0.15, -0.1) is 0 Å². The Kier molecular flexibility index (Phi) is 4.48. The van der Waals surface area contributed by atoms with E-state index in [9.17, 15) is 20.1 Å².